The first-order valence-corrected chi connectivity index (χ1v) is 9.43. The van der Waals surface area contributed by atoms with Gasteiger partial charge in [-0.15, -0.1) is 0 Å². The molecule has 0 aliphatic heterocycles. The van der Waals surface area contributed by atoms with E-state index in [1.165, 1.54) is 16.8 Å². The topological polar surface area (TPSA) is 34.0 Å². The van der Waals surface area contributed by atoms with Crippen molar-refractivity contribution in [3.8, 4) is 0 Å². The molecule has 0 saturated heterocycles. The van der Waals surface area contributed by atoms with E-state index in [2.05, 4.69) is 48.9 Å². The molecular weight excluding hydrogens is 344 g/mol. The second-order valence-electron chi connectivity index (χ2n) is 6.94. The highest BCUT2D eigenvalue weighted by Gasteiger charge is 2.15. The molecule has 0 radical (unpaired) electrons. The van der Waals surface area contributed by atoms with Crippen LogP contribution in [-0.2, 0) is 6.54 Å². The largest absolute Gasteiger partial charge is 0.350 e. The van der Waals surface area contributed by atoms with E-state index in [0.29, 0.717) is 5.56 Å². The van der Waals surface area contributed by atoms with Crippen molar-refractivity contribution in [1.82, 2.24) is 9.88 Å². The van der Waals surface area contributed by atoms with Gasteiger partial charge in [0.25, 0.3) is 5.91 Å². The second kappa shape index (κ2) is 7.55. The normalized spacial score (nSPS) is 12.3. The number of nitrogens with zero attached hydrogens (tertiary/aromatic N) is 1. The Morgan fingerprint density at radius 3 is 2.50 bits per heavy atom. The van der Waals surface area contributed by atoms with Gasteiger partial charge >= 0.3 is 0 Å². The summed E-state index contributed by atoms with van der Waals surface area (Å²) in [6.45, 7) is 9.12. The number of benzene rings is 2. The SMILES string of the molecule is CCC(C)NC(=O)c1ccc2c(c1)c(C)c(C)n2Cc1ccc(Cl)cc1. The quantitative estimate of drug-likeness (QED) is 0.635. The smallest absolute Gasteiger partial charge is 0.251 e. The molecule has 3 aromatic rings. The predicted octanol–water partition coefficient (Wildman–Crippen LogP) is 5.49. The maximum atomic E-state index is 12.5. The Labute approximate surface area is 160 Å². The zero-order valence-corrected chi connectivity index (χ0v) is 16.5. The fraction of sp³-hybridized carbons (Fsp3) is 0.318. The van der Waals surface area contributed by atoms with E-state index in [9.17, 15) is 4.79 Å². The molecule has 136 valence electrons. The summed E-state index contributed by atoms with van der Waals surface area (Å²) in [5, 5.41) is 4.92. The van der Waals surface area contributed by atoms with Crippen LogP contribution in [0.15, 0.2) is 42.5 Å². The van der Waals surface area contributed by atoms with Crippen molar-refractivity contribution in [1.29, 1.82) is 0 Å². The molecule has 0 aliphatic carbocycles. The maximum Gasteiger partial charge on any atom is 0.251 e. The number of hydrogen-bond acceptors (Lipinski definition) is 1. The van der Waals surface area contributed by atoms with Gasteiger partial charge in [-0.3, -0.25) is 4.79 Å². The number of carbonyl (C=O) groups is 1. The fourth-order valence-electron chi connectivity index (χ4n) is 3.18. The molecule has 1 N–H and O–H groups in total. The third-order valence-electron chi connectivity index (χ3n) is 5.14. The molecule has 0 bridgehead atoms. The van der Waals surface area contributed by atoms with Gasteiger partial charge in [-0.25, -0.2) is 0 Å². The second-order valence-corrected chi connectivity index (χ2v) is 7.37. The molecular formula is C22H25ClN2O. The first-order valence-electron chi connectivity index (χ1n) is 9.05. The Morgan fingerprint density at radius 1 is 1.15 bits per heavy atom. The van der Waals surface area contributed by atoms with Gasteiger partial charge in [0.2, 0.25) is 0 Å². The van der Waals surface area contributed by atoms with Gasteiger partial charge < -0.3 is 9.88 Å². The van der Waals surface area contributed by atoms with Crippen molar-refractivity contribution < 1.29 is 4.79 Å². The van der Waals surface area contributed by atoms with Gasteiger partial charge in [-0.2, -0.15) is 0 Å². The zero-order chi connectivity index (χ0) is 18.8. The number of amides is 1. The highest BCUT2D eigenvalue weighted by Crippen LogP contribution is 2.27. The standard InChI is InChI=1S/C22H25ClN2O/c1-5-14(2)24-22(26)18-8-11-21-20(12-18)15(3)16(4)25(21)13-17-6-9-19(23)10-7-17/h6-12,14H,5,13H2,1-4H3,(H,24,26). The Bertz CT molecular complexity index is 941. The highest BCUT2D eigenvalue weighted by atomic mass is 35.5. The number of aryl methyl sites for hydroxylation is 1. The van der Waals surface area contributed by atoms with E-state index in [1.807, 2.05) is 31.2 Å². The third kappa shape index (κ3) is 3.63. The minimum absolute atomic E-state index is 0.0104. The molecule has 1 atom stereocenters. The summed E-state index contributed by atoms with van der Waals surface area (Å²) in [6, 6.07) is 14.1. The number of halogens is 1. The van der Waals surface area contributed by atoms with Gasteiger partial charge in [0.15, 0.2) is 0 Å². The Kier molecular flexibility index (Phi) is 5.38. The molecule has 3 nitrogen and oxygen atoms in total. The first-order chi connectivity index (χ1) is 12.4. The van der Waals surface area contributed by atoms with E-state index in [-0.39, 0.29) is 11.9 Å². The van der Waals surface area contributed by atoms with Crippen molar-refractivity contribution in [3.05, 3.63) is 69.9 Å². The first kappa shape index (κ1) is 18.5. The Balaban J connectivity index is 1.97. The minimum atomic E-state index is -0.0104. The van der Waals surface area contributed by atoms with E-state index in [4.69, 9.17) is 11.6 Å². The van der Waals surface area contributed by atoms with Crippen molar-refractivity contribution in [2.45, 2.75) is 46.7 Å². The van der Waals surface area contributed by atoms with Gasteiger partial charge in [-0.05, 0) is 68.7 Å². The summed E-state index contributed by atoms with van der Waals surface area (Å²) in [6.07, 6.45) is 0.920. The van der Waals surface area contributed by atoms with Gasteiger partial charge in [0.05, 0.1) is 0 Å². The summed E-state index contributed by atoms with van der Waals surface area (Å²) in [5.74, 6) is -0.0104. The summed E-state index contributed by atoms with van der Waals surface area (Å²) < 4.78 is 2.30. The summed E-state index contributed by atoms with van der Waals surface area (Å²) in [7, 11) is 0. The van der Waals surface area contributed by atoms with Crippen molar-refractivity contribution in [3.63, 3.8) is 0 Å². The molecule has 0 saturated carbocycles. The lowest BCUT2D eigenvalue weighted by Gasteiger charge is -2.12. The molecule has 26 heavy (non-hydrogen) atoms. The number of aromatic nitrogens is 1. The van der Waals surface area contributed by atoms with E-state index >= 15 is 0 Å². The molecule has 1 unspecified atom stereocenters. The molecule has 0 fully saturated rings. The number of carbonyl (C=O) groups excluding carboxylic acids is 1. The highest BCUT2D eigenvalue weighted by molar-refractivity contribution is 6.30. The average Bonchev–Trinajstić information content (AvgIpc) is 2.87. The number of rotatable bonds is 5. The van der Waals surface area contributed by atoms with Crippen LogP contribution in [-0.4, -0.2) is 16.5 Å². The van der Waals surface area contributed by atoms with Crippen LogP contribution in [0, 0.1) is 13.8 Å². The van der Waals surface area contributed by atoms with Crippen LogP contribution < -0.4 is 5.32 Å². The minimum Gasteiger partial charge on any atom is -0.350 e. The van der Waals surface area contributed by atoms with Crippen LogP contribution in [0.3, 0.4) is 0 Å². The van der Waals surface area contributed by atoms with Gasteiger partial charge in [-0.1, -0.05) is 30.7 Å². The van der Waals surface area contributed by atoms with Crippen LogP contribution in [0.5, 0.6) is 0 Å². The number of hydrogen-bond donors (Lipinski definition) is 1. The zero-order valence-electron chi connectivity index (χ0n) is 15.8. The number of nitrogens with one attached hydrogen (secondary N) is 1. The van der Waals surface area contributed by atoms with Gasteiger partial charge in [0, 0.05) is 39.8 Å². The monoisotopic (exact) mass is 368 g/mol. The molecule has 1 aromatic heterocycles. The lowest BCUT2D eigenvalue weighted by molar-refractivity contribution is 0.0939. The fourth-order valence-corrected chi connectivity index (χ4v) is 3.30. The Morgan fingerprint density at radius 2 is 1.85 bits per heavy atom. The lowest BCUT2D eigenvalue weighted by atomic mass is 10.1. The van der Waals surface area contributed by atoms with Crippen LogP contribution in [0.1, 0.15) is 47.4 Å². The van der Waals surface area contributed by atoms with Gasteiger partial charge in [0.1, 0.15) is 0 Å². The van der Waals surface area contributed by atoms with Crippen LogP contribution in [0.25, 0.3) is 10.9 Å². The van der Waals surface area contributed by atoms with Crippen molar-refractivity contribution in [2.75, 3.05) is 0 Å². The number of fused-ring (bicyclic) bond motifs is 1. The maximum absolute atomic E-state index is 12.5. The average molecular weight is 369 g/mol. The summed E-state index contributed by atoms with van der Waals surface area (Å²) in [4.78, 5) is 12.5. The Hall–Kier alpha value is -2.26. The van der Waals surface area contributed by atoms with E-state index in [0.717, 1.165) is 28.9 Å². The van der Waals surface area contributed by atoms with Crippen LogP contribution in [0.2, 0.25) is 5.02 Å². The summed E-state index contributed by atoms with van der Waals surface area (Å²) in [5.41, 5.74) is 5.49. The molecule has 0 spiro atoms. The molecule has 1 amide bonds. The predicted molar refractivity (Wildman–Crippen MR) is 109 cm³/mol. The third-order valence-corrected chi connectivity index (χ3v) is 5.40. The van der Waals surface area contributed by atoms with Crippen LogP contribution >= 0.6 is 11.6 Å². The molecule has 0 aliphatic rings. The van der Waals surface area contributed by atoms with E-state index in [1.54, 1.807) is 0 Å². The van der Waals surface area contributed by atoms with Crippen molar-refractivity contribution in [2.24, 2.45) is 0 Å². The summed E-state index contributed by atoms with van der Waals surface area (Å²) >= 11 is 5.99. The molecule has 2 aromatic carbocycles. The lowest BCUT2D eigenvalue weighted by Crippen LogP contribution is -2.31. The van der Waals surface area contributed by atoms with Crippen LogP contribution in [0.4, 0.5) is 0 Å². The molecule has 3 rings (SSSR count). The molecule has 4 heteroatoms. The van der Waals surface area contributed by atoms with Crippen molar-refractivity contribution >= 4 is 28.4 Å². The molecule has 1 heterocycles. The van der Waals surface area contributed by atoms with E-state index < -0.39 is 0 Å².